The van der Waals surface area contributed by atoms with Crippen LogP contribution in [0.5, 0.6) is 17.2 Å². The zero-order valence-electron chi connectivity index (χ0n) is 15.6. The number of methoxy groups -OCH3 is 3. The van der Waals surface area contributed by atoms with Gasteiger partial charge in [-0.05, 0) is 39.0 Å². The molecule has 0 radical (unpaired) electrons. The Hall–Kier alpha value is -3.03. The lowest BCUT2D eigenvalue weighted by molar-refractivity contribution is -0.133. The lowest BCUT2D eigenvalue weighted by Gasteiger charge is -2.36. The minimum atomic E-state index is -0.789. The van der Waals surface area contributed by atoms with Crippen LogP contribution in [0.15, 0.2) is 17.7 Å². The zero-order valence-corrected chi connectivity index (χ0v) is 15.6. The first-order valence-corrected chi connectivity index (χ1v) is 7.86. The van der Waals surface area contributed by atoms with Crippen molar-refractivity contribution in [3.8, 4) is 17.2 Å². The SMILES string of the molecule is COc1ccc(/C=C2/C(=O)NC(=O)N(C(C)(C)C)C2=O)c(OC)c1OC. The maximum absolute atomic E-state index is 12.8. The average Bonchev–Trinajstić information content (AvgIpc) is 2.55. The molecule has 26 heavy (non-hydrogen) atoms. The summed E-state index contributed by atoms with van der Waals surface area (Å²) in [5.41, 5.74) is -0.528. The number of carbonyl (C=O) groups excluding carboxylic acids is 3. The third-order valence-electron chi connectivity index (χ3n) is 3.81. The van der Waals surface area contributed by atoms with E-state index in [0.717, 1.165) is 4.90 Å². The Morgan fingerprint density at radius 3 is 2.08 bits per heavy atom. The number of hydrogen-bond acceptors (Lipinski definition) is 6. The van der Waals surface area contributed by atoms with Crippen molar-refractivity contribution in [2.45, 2.75) is 26.3 Å². The lowest BCUT2D eigenvalue weighted by Crippen LogP contribution is -2.60. The van der Waals surface area contributed by atoms with Crippen LogP contribution >= 0.6 is 0 Å². The van der Waals surface area contributed by atoms with E-state index in [4.69, 9.17) is 14.2 Å². The third-order valence-corrected chi connectivity index (χ3v) is 3.81. The molecule has 1 aromatic rings. The Bertz CT molecular complexity index is 792. The molecular weight excluding hydrogens is 340 g/mol. The largest absolute Gasteiger partial charge is 0.493 e. The number of ether oxygens (including phenoxy) is 3. The molecule has 4 amide bonds. The molecule has 0 saturated carbocycles. The summed E-state index contributed by atoms with van der Waals surface area (Å²) in [4.78, 5) is 38.0. The predicted octanol–water partition coefficient (Wildman–Crippen LogP) is 1.97. The molecule has 1 N–H and O–H groups in total. The molecule has 1 fully saturated rings. The van der Waals surface area contributed by atoms with Crippen molar-refractivity contribution in [2.75, 3.05) is 21.3 Å². The molecule has 0 aromatic heterocycles. The van der Waals surface area contributed by atoms with Crippen LogP contribution in [0.3, 0.4) is 0 Å². The van der Waals surface area contributed by atoms with Crippen LogP contribution in [0.1, 0.15) is 26.3 Å². The molecule has 1 saturated heterocycles. The first-order chi connectivity index (χ1) is 12.1. The highest BCUT2D eigenvalue weighted by Crippen LogP contribution is 2.40. The van der Waals surface area contributed by atoms with Gasteiger partial charge in [-0.2, -0.15) is 0 Å². The van der Waals surface area contributed by atoms with Gasteiger partial charge in [-0.25, -0.2) is 4.79 Å². The molecule has 1 aliphatic heterocycles. The molecule has 1 aliphatic rings. The quantitative estimate of drug-likeness (QED) is 0.650. The van der Waals surface area contributed by atoms with Crippen molar-refractivity contribution in [1.29, 1.82) is 0 Å². The molecule has 0 spiro atoms. The van der Waals surface area contributed by atoms with Gasteiger partial charge in [0.15, 0.2) is 11.5 Å². The van der Waals surface area contributed by atoms with Crippen molar-refractivity contribution in [1.82, 2.24) is 10.2 Å². The number of barbiturate groups is 1. The number of urea groups is 1. The van der Waals surface area contributed by atoms with Crippen LogP contribution in [0.2, 0.25) is 0 Å². The van der Waals surface area contributed by atoms with Crippen molar-refractivity contribution < 1.29 is 28.6 Å². The van der Waals surface area contributed by atoms with Crippen molar-refractivity contribution in [3.63, 3.8) is 0 Å². The maximum atomic E-state index is 12.8. The molecule has 0 bridgehead atoms. The lowest BCUT2D eigenvalue weighted by atomic mass is 10.0. The molecule has 1 heterocycles. The highest BCUT2D eigenvalue weighted by molar-refractivity contribution is 6.31. The highest BCUT2D eigenvalue weighted by atomic mass is 16.5. The molecule has 2 rings (SSSR count). The Kier molecular flexibility index (Phi) is 5.25. The predicted molar refractivity (Wildman–Crippen MR) is 94.2 cm³/mol. The summed E-state index contributed by atoms with van der Waals surface area (Å²) < 4.78 is 15.9. The van der Waals surface area contributed by atoms with Gasteiger partial charge in [-0.15, -0.1) is 0 Å². The van der Waals surface area contributed by atoms with Gasteiger partial charge in [-0.1, -0.05) is 0 Å². The topological polar surface area (TPSA) is 94.2 Å². The van der Waals surface area contributed by atoms with E-state index in [0.29, 0.717) is 22.8 Å². The second-order valence-corrected chi connectivity index (χ2v) is 6.55. The summed E-state index contributed by atoms with van der Waals surface area (Å²) in [5.74, 6) is -0.367. The maximum Gasteiger partial charge on any atom is 0.331 e. The summed E-state index contributed by atoms with van der Waals surface area (Å²) in [7, 11) is 4.38. The van der Waals surface area contributed by atoms with Gasteiger partial charge in [0.25, 0.3) is 11.8 Å². The molecule has 140 valence electrons. The average molecular weight is 362 g/mol. The number of carbonyl (C=O) groups is 3. The fourth-order valence-electron chi connectivity index (χ4n) is 2.66. The number of imide groups is 2. The van der Waals surface area contributed by atoms with Crippen LogP contribution in [-0.4, -0.2) is 49.6 Å². The minimum absolute atomic E-state index is 0.176. The van der Waals surface area contributed by atoms with E-state index in [-0.39, 0.29) is 5.57 Å². The van der Waals surface area contributed by atoms with Gasteiger partial charge in [0.1, 0.15) is 5.57 Å². The van der Waals surface area contributed by atoms with Crippen LogP contribution in [0.4, 0.5) is 4.79 Å². The van der Waals surface area contributed by atoms with Crippen LogP contribution in [0.25, 0.3) is 6.08 Å². The molecule has 0 unspecified atom stereocenters. The van der Waals surface area contributed by atoms with Crippen molar-refractivity contribution in [3.05, 3.63) is 23.3 Å². The second-order valence-electron chi connectivity index (χ2n) is 6.55. The number of hydrogen-bond donors (Lipinski definition) is 1. The smallest absolute Gasteiger partial charge is 0.331 e. The highest BCUT2D eigenvalue weighted by Gasteiger charge is 2.41. The van der Waals surface area contributed by atoms with Crippen LogP contribution in [0, 0.1) is 0 Å². The van der Waals surface area contributed by atoms with E-state index in [1.54, 1.807) is 32.9 Å². The Balaban J connectivity index is 2.59. The summed E-state index contributed by atoms with van der Waals surface area (Å²) in [5, 5.41) is 2.19. The molecule has 8 nitrogen and oxygen atoms in total. The Morgan fingerprint density at radius 1 is 0.962 bits per heavy atom. The van der Waals surface area contributed by atoms with Gasteiger partial charge in [0, 0.05) is 11.1 Å². The molecule has 1 aromatic carbocycles. The van der Waals surface area contributed by atoms with Gasteiger partial charge < -0.3 is 14.2 Å². The third kappa shape index (κ3) is 3.35. The Labute approximate surface area is 151 Å². The Morgan fingerprint density at radius 2 is 1.58 bits per heavy atom. The molecule has 0 aliphatic carbocycles. The summed E-state index contributed by atoms with van der Waals surface area (Å²) in [6.07, 6.45) is 1.36. The van der Waals surface area contributed by atoms with Gasteiger partial charge in [0.2, 0.25) is 5.75 Å². The monoisotopic (exact) mass is 362 g/mol. The zero-order chi connectivity index (χ0) is 19.6. The van der Waals surface area contributed by atoms with E-state index < -0.39 is 23.4 Å². The molecular formula is C18H22N2O6. The summed E-state index contributed by atoms with van der Waals surface area (Å²) in [6, 6.07) is 2.51. The van der Waals surface area contributed by atoms with E-state index >= 15 is 0 Å². The number of rotatable bonds is 4. The number of nitrogens with one attached hydrogen (secondary N) is 1. The molecule has 0 atom stereocenters. The van der Waals surface area contributed by atoms with Gasteiger partial charge in [-0.3, -0.25) is 19.8 Å². The van der Waals surface area contributed by atoms with Crippen LogP contribution in [-0.2, 0) is 9.59 Å². The number of benzene rings is 1. The standard InChI is InChI=1S/C18H22N2O6/c1-18(2,3)20-16(22)11(15(21)19-17(20)23)9-10-7-8-12(24-4)14(26-6)13(10)25-5/h7-9H,1-6H3,(H,19,21,23)/b11-9-. The van der Waals surface area contributed by atoms with E-state index in [2.05, 4.69) is 5.32 Å². The summed E-state index contributed by atoms with van der Waals surface area (Å²) in [6.45, 7) is 5.11. The van der Waals surface area contributed by atoms with Gasteiger partial charge >= 0.3 is 6.03 Å². The second kappa shape index (κ2) is 7.07. The number of amides is 4. The van der Waals surface area contributed by atoms with E-state index in [9.17, 15) is 14.4 Å². The first-order valence-electron chi connectivity index (χ1n) is 7.86. The fourth-order valence-corrected chi connectivity index (χ4v) is 2.66. The normalized spacial score (nSPS) is 16.6. The minimum Gasteiger partial charge on any atom is -0.493 e. The van der Waals surface area contributed by atoms with Crippen molar-refractivity contribution >= 4 is 23.9 Å². The van der Waals surface area contributed by atoms with E-state index in [1.807, 2.05) is 0 Å². The van der Waals surface area contributed by atoms with Crippen LogP contribution < -0.4 is 19.5 Å². The fraction of sp³-hybridized carbons (Fsp3) is 0.389. The van der Waals surface area contributed by atoms with Gasteiger partial charge in [0.05, 0.1) is 21.3 Å². The van der Waals surface area contributed by atoms with E-state index in [1.165, 1.54) is 27.4 Å². The molecule has 8 heteroatoms. The number of nitrogens with zero attached hydrogens (tertiary/aromatic N) is 1. The summed E-state index contributed by atoms with van der Waals surface area (Å²) >= 11 is 0. The van der Waals surface area contributed by atoms with Crippen molar-refractivity contribution in [2.24, 2.45) is 0 Å². The first kappa shape index (κ1) is 19.3.